The number of amides is 3. The van der Waals surface area contributed by atoms with Crippen LogP contribution in [0.2, 0.25) is 0 Å². The van der Waals surface area contributed by atoms with Gasteiger partial charge in [0, 0.05) is 58.7 Å². The topological polar surface area (TPSA) is 53.1 Å². The van der Waals surface area contributed by atoms with Crippen LogP contribution in [0.25, 0.3) is 0 Å². The Bertz CT molecular complexity index is 450. The Morgan fingerprint density at radius 3 is 2.48 bits per heavy atom. The van der Waals surface area contributed by atoms with Crippen LogP contribution in [0.5, 0.6) is 0 Å². The Balaban J connectivity index is 1.69. The van der Waals surface area contributed by atoms with Gasteiger partial charge in [-0.3, -0.25) is 4.79 Å². The average Bonchev–Trinajstić information content (AvgIpc) is 2.98. The first-order valence-electron chi connectivity index (χ1n) is 8.89. The van der Waals surface area contributed by atoms with E-state index in [2.05, 4.69) is 0 Å². The molecule has 6 heteroatoms. The molecule has 23 heavy (non-hydrogen) atoms. The highest BCUT2D eigenvalue weighted by molar-refractivity contribution is 5.80. The summed E-state index contributed by atoms with van der Waals surface area (Å²) in [4.78, 5) is 31.0. The average molecular weight is 323 g/mol. The Kier molecular flexibility index (Phi) is 5.09. The van der Waals surface area contributed by atoms with Crippen LogP contribution in [0.4, 0.5) is 4.79 Å². The van der Waals surface area contributed by atoms with Crippen molar-refractivity contribution in [3.63, 3.8) is 0 Å². The number of carbonyl (C=O) groups excluding carboxylic acids is 2. The zero-order valence-corrected chi connectivity index (χ0v) is 14.4. The lowest BCUT2D eigenvalue weighted by Crippen LogP contribution is -2.49. The number of likely N-dealkylation sites (tertiary alicyclic amines) is 3. The summed E-state index contributed by atoms with van der Waals surface area (Å²) in [7, 11) is 3.62. The molecule has 0 unspecified atom stereocenters. The van der Waals surface area contributed by atoms with Crippen LogP contribution in [-0.2, 0) is 9.53 Å². The monoisotopic (exact) mass is 323 g/mol. The van der Waals surface area contributed by atoms with Gasteiger partial charge < -0.3 is 19.4 Å². The van der Waals surface area contributed by atoms with Crippen molar-refractivity contribution in [2.75, 3.05) is 53.5 Å². The molecule has 3 saturated heterocycles. The van der Waals surface area contributed by atoms with E-state index in [1.807, 2.05) is 21.7 Å². The van der Waals surface area contributed by atoms with Gasteiger partial charge >= 0.3 is 6.03 Å². The molecule has 0 saturated carbocycles. The van der Waals surface area contributed by atoms with Gasteiger partial charge in [-0.15, -0.1) is 0 Å². The van der Waals surface area contributed by atoms with Crippen LogP contribution in [0.3, 0.4) is 0 Å². The number of rotatable bonds is 2. The molecule has 3 aliphatic rings. The molecule has 0 aromatic carbocycles. The first kappa shape index (κ1) is 16.6. The summed E-state index contributed by atoms with van der Waals surface area (Å²) in [5.74, 6) is 1.02. The molecule has 3 fully saturated rings. The molecule has 3 amide bonds. The summed E-state index contributed by atoms with van der Waals surface area (Å²) in [5, 5.41) is 0. The van der Waals surface area contributed by atoms with Crippen LogP contribution in [0, 0.1) is 17.8 Å². The smallest absolute Gasteiger partial charge is 0.319 e. The zero-order chi connectivity index (χ0) is 16.4. The summed E-state index contributed by atoms with van der Waals surface area (Å²) in [6, 6.07) is 0.172. The fraction of sp³-hybridized carbons (Fsp3) is 0.882. The lowest BCUT2D eigenvalue weighted by atomic mass is 9.75. The van der Waals surface area contributed by atoms with E-state index in [1.165, 1.54) is 0 Å². The number of fused-ring (bicyclic) bond motifs is 1. The molecule has 0 aromatic rings. The first-order chi connectivity index (χ1) is 11.1. The molecule has 0 aliphatic carbocycles. The minimum Gasteiger partial charge on any atom is -0.384 e. The normalized spacial score (nSPS) is 32.0. The number of ether oxygens (including phenoxy) is 1. The molecule has 0 radical (unpaired) electrons. The van der Waals surface area contributed by atoms with Crippen LogP contribution in [-0.4, -0.2) is 80.1 Å². The highest BCUT2D eigenvalue weighted by Gasteiger charge is 2.43. The number of methoxy groups -OCH3 is 1. The molecular formula is C17H29N3O3. The molecule has 3 atom stereocenters. The number of piperidine rings is 1. The molecule has 3 aliphatic heterocycles. The molecule has 3 rings (SSSR count). The molecule has 3 heterocycles. The first-order valence-corrected chi connectivity index (χ1v) is 8.89. The summed E-state index contributed by atoms with van der Waals surface area (Å²) in [6.07, 6.45) is 3.93. The Hall–Kier alpha value is -1.30. The van der Waals surface area contributed by atoms with Crippen LogP contribution >= 0.6 is 0 Å². The Morgan fingerprint density at radius 2 is 1.78 bits per heavy atom. The number of hydrogen-bond donors (Lipinski definition) is 0. The minimum absolute atomic E-state index is 0.0466. The second-order valence-corrected chi connectivity index (χ2v) is 7.25. The van der Waals surface area contributed by atoms with Crippen molar-refractivity contribution < 1.29 is 14.3 Å². The van der Waals surface area contributed by atoms with E-state index in [-0.39, 0.29) is 17.9 Å². The van der Waals surface area contributed by atoms with Crippen molar-refractivity contribution >= 4 is 11.9 Å². The maximum absolute atomic E-state index is 12.6. The highest BCUT2D eigenvalue weighted by atomic mass is 16.5. The third-order valence-electron chi connectivity index (χ3n) is 5.79. The van der Waals surface area contributed by atoms with E-state index in [4.69, 9.17) is 4.74 Å². The minimum atomic E-state index is 0.0466. The van der Waals surface area contributed by atoms with E-state index in [0.29, 0.717) is 25.0 Å². The number of nitrogens with zero attached hydrogens (tertiary/aromatic N) is 3. The predicted octanol–water partition coefficient (Wildman–Crippen LogP) is 1.27. The molecule has 0 bridgehead atoms. The van der Waals surface area contributed by atoms with Crippen molar-refractivity contribution in [3.8, 4) is 0 Å². The SMILES string of the molecule is COC[C@@H]1CN(C)C(=O)[C@H]2CCN(C(=O)N3CCCC3)CC[C@@H]12. The van der Waals surface area contributed by atoms with Crippen LogP contribution in [0.15, 0.2) is 0 Å². The summed E-state index contributed by atoms with van der Waals surface area (Å²) < 4.78 is 5.38. The predicted molar refractivity (Wildman–Crippen MR) is 87.0 cm³/mol. The van der Waals surface area contributed by atoms with Crippen molar-refractivity contribution in [3.05, 3.63) is 0 Å². The standard InChI is InChI=1S/C17H29N3O3/c1-18-11-13(12-23-2)14-5-9-20(10-6-15(14)16(18)21)17(22)19-7-3-4-8-19/h13-15H,3-12H2,1-2H3/t13-,14-,15-/m0/s1. The summed E-state index contributed by atoms with van der Waals surface area (Å²) in [6.45, 7) is 4.71. The molecule has 6 nitrogen and oxygen atoms in total. The third-order valence-corrected chi connectivity index (χ3v) is 5.79. The van der Waals surface area contributed by atoms with E-state index < -0.39 is 0 Å². The third kappa shape index (κ3) is 3.32. The van der Waals surface area contributed by atoms with Crippen molar-refractivity contribution in [2.45, 2.75) is 25.7 Å². The summed E-state index contributed by atoms with van der Waals surface area (Å²) >= 11 is 0. The second kappa shape index (κ2) is 7.07. The van der Waals surface area contributed by atoms with Crippen molar-refractivity contribution in [2.24, 2.45) is 17.8 Å². The van der Waals surface area contributed by atoms with Gasteiger partial charge in [0.2, 0.25) is 5.91 Å². The quantitative estimate of drug-likeness (QED) is 0.769. The Morgan fingerprint density at radius 1 is 1.13 bits per heavy atom. The molecule has 0 N–H and O–H groups in total. The highest BCUT2D eigenvalue weighted by Crippen LogP contribution is 2.36. The fourth-order valence-corrected chi connectivity index (χ4v) is 4.55. The second-order valence-electron chi connectivity index (χ2n) is 7.25. The number of carbonyl (C=O) groups is 2. The van der Waals surface area contributed by atoms with Gasteiger partial charge in [-0.2, -0.15) is 0 Å². The van der Waals surface area contributed by atoms with Gasteiger partial charge in [0.25, 0.3) is 0 Å². The lowest BCUT2D eigenvalue weighted by Gasteiger charge is -2.40. The Labute approximate surface area is 138 Å². The van der Waals surface area contributed by atoms with E-state index in [0.717, 1.165) is 51.9 Å². The largest absolute Gasteiger partial charge is 0.384 e. The zero-order valence-electron chi connectivity index (χ0n) is 14.4. The van der Waals surface area contributed by atoms with Gasteiger partial charge in [0.05, 0.1) is 6.61 Å². The van der Waals surface area contributed by atoms with E-state index >= 15 is 0 Å². The van der Waals surface area contributed by atoms with Gasteiger partial charge in [0.1, 0.15) is 0 Å². The molecule has 130 valence electrons. The summed E-state index contributed by atoms with van der Waals surface area (Å²) in [5.41, 5.74) is 0. The van der Waals surface area contributed by atoms with Crippen LogP contribution in [0.1, 0.15) is 25.7 Å². The number of urea groups is 1. The lowest BCUT2D eigenvalue weighted by molar-refractivity contribution is -0.143. The molecule has 0 spiro atoms. The van der Waals surface area contributed by atoms with Crippen LogP contribution < -0.4 is 0 Å². The maximum atomic E-state index is 12.6. The van der Waals surface area contributed by atoms with Gasteiger partial charge in [-0.05, 0) is 31.6 Å². The molecular weight excluding hydrogens is 294 g/mol. The van der Waals surface area contributed by atoms with E-state index in [9.17, 15) is 9.59 Å². The van der Waals surface area contributed by atoms with Gasteiger partial charge in [0.15, 0.2) is 0 Å². The van der Waals surface area contributed by atoms with E-state index in [1.54, 1.807) is 7.11 Å². The fourth-order valence-electron chi connectivity index (χ4n) is 4.55. The maximum Gasteiger partial charge on any atom is 0.319 e. The van der Waals surface area contributed by atoms with Gasteiger partial charge in [-0.25, -0.2) is 4.79 Å². The van der Waals surface area contributed by atoms with Crippen molar-refractivity contribution in [1.82, 2.24) is 14.7 Å². The molecule has 0 aromatic heterocycles. The number of hydrogen-bond acceptors (Lipinski definition) is 3. The van der Waals surface area contributed by atoms with Crippen molar-refractivity contribution in [1.29, 1.82) is 0 Å². The van der Waals surface area contributed by atoms with Gasteiger partial charge in [-0.1, -0.05) is 0 Å².